The molecule has 0 aromatic carbocycles. The second-order valence-electron chi connectivity index (χ2n) is 7.73. The molecule has 3 rings (SSSR count). The summed E-state index contributed by atoms with van der Waals surface area (Å²) in [6.45, 7) is 2.84. The molecule has 2 aromatic rings. The number of hydrogen-bond acceptors (Lipinski definition) is 8. The molecule has 194 valence electrons. The predicted octanol–water partition coefficient (Wildman–Crippen LogP) is 2.82. The molecule has 0 bridgehead atoms. The Kier molecular flexibility index (Phi) is 8.25. The molecule has 0 radical (unpaired) electrons. The fourth-order valence-electron chi connectivity index (χ4n) is 3.36. The van der Waals surface area contributed by atoms with E-state index in [4.69, 9.17) is 4.74 Å². The molecule has 1 fully saturated rings. The van der Waals surface area contributed by atoms with Crippen molar-refractivity contribution in [1.82, 2.24) is 20.1 Å². The zero-order chi connectivity index (χ0) is 25.8. The number of nitrogens with zero attached hydrogens (tertiary/aromatic N) is 4. The number of rotatable bonds is 8. The summed E-state index contributed by atoms with van der Waals surface area (Å²) in [6.07, 6.45) is -7.63. The van der Waals surface area contributed by atoms with Crippen molar-refractivity contribution in [2.75, 3.05) is 49.6 Å². The number of carbonyl (C=O) groups excluding carboxylic acids is 1. The molecule has 3 heterocycles. The summed E-state index contributed by atoms with van der Waals surface area (Å²) >= 11 is 0.554. The van der Waals surface area contributed by atoms with Gasteiger partial charge in [-0.1, -0.05) is 11.3 Å². The van der Waals surface area contributed by atoms with E-state index >= 15 is 0 Å². The van der Waals surface area contributed by atoms with Crippen molar-refractivity contribution in [3.63, 3.8) is 0 Å². The minimum absolute atomic E-state index is 0.0201. The average molecular weight is 528 g/mol. The Labute approximate surface area is 199 Å². The van der Waals surface area contributed by atoms with Crippen molar-refractivity contribution < 1.29 is 35.9 Å². The van der Waals surface area contributed by atoms with Crippen molar-refractivity contribution in [1.29, 1.82) is 0 Å². The van der Waals surface area contributed by atoms with Crippen LogP contribution in [0.3, 0.4) is 0 Å². The zero-order valence-corrected chi connectivity index (χ0v) is 19.2. The van der Waals surface area contributed by atoms with E-state index in [1.807, 2.05) is 0 Å². The van der Waals surface area contributed by atoms with Gasteiger partial charge in [0, 0.05) is 32.2 Å². The summed E-state index contributed by atoms with van der Waals surface area (Å²) in [4.78, 5) is 30.2. The molecular formula is C19H22F6N6O3S. The Morgan fingerprint density at radius 2 is 1.86 bits per heavy atom. The third-order valence-electron chi connectivity index (χ3n) is 5.05. The number of aromatic amines is 1. The largest absolute Gasteiger partial charge is 0.427 e. The number of anilines is 2. The Hall–Kier alpha value is -2.88. The summed E-state index contributed by atoms with van der Waals surface area (Å²) in [7, 11) is 0. The number of amides is 1. The van der Waals surface area contributed by atoms with Crippen LogP contribution in [0.2, 0.25) is 0 Å². The molecule has 2 aromatic heterocycles. The molecule has 0 aliphatic carbocycles. The van der Waals surface area contributed by atoms with Crippen LogP contribution in [0.1, 0.15) is 23.8 Å². The maximum Gasteiger partial charge on any atom is 0.427 e. The highest BCUT2D eigenvalue weighted by atomic mass is 32.1. The molecular weight excluding hydrogens is 506 g/mol. The third kappa shape index (κ3) is 7.06. The van der Waals surface area contributed by atoms with Crippen molar-refractivity contribution in [3.05, 3.63) is 33.2 Å². The summed E-state index contributed by atoms with van der Waals surface area (Å²) in [6, 6.07) is -0.613. The van der Waals surface area contributed by atoms with Gasteiger partial charge >= 0.3 is 12.4 Å². The van der Waals surface area contributed by atoms with Crippen molar-refractivity contribution in [2.45, 2.75) is 31.7 Å². The van der Waals surface area contributed by atoms with Crippen LogP contribution in [0.15, 0.2) is 17.2 Å². The van der Waals surface area contributed by atoms with Gasteiger partial charge in [0.05, 0.1) is 37.7 Å². The van der Waals surface area contributed by atoms with Crippen LogP contribution in [-0.2, 0) is 21.9 Å². The molecule has 0 spiro atoms. The average Bonchev–Trinajstić information content (AvgIpc) is 3.27. The van der Waals surface area contributed by atoms with Crippen LogP contribution >= 0.6 is 11.3 Å². The first kappa shape index (κ1) is 26.7. The minimum atomic E-state index is -4.87. The number of H-pyrrole nitrogens is 1. The van der Waals surface area contributed by atoms with E-state index in [9.17, 15) is 35.9 Å². The van der Waals surface area contributed by atoms with E-state index < -0.39 is 40.1 Å². The molecule has 2 N–H and O–H groups in total. The zero-order valence-electron chi connectivity index (χ0n) is 18.4. The molecule has 16 heteroatoms. The van der Waals surface area contributed by atoms with Crippen LogP contribution in [0, 0.1) is 0 Å². The van der Waals surface area contributed by atoms with Gasteiger partial charge in [-0.3, -0.25) is 9.59 Å². The van der Waals surface area contributed by atoms with Gasteiger partial charge in [0.1, 0.15) is 10.4 Å². The number of ether oxygens (including phenoxy) is 1. The first-order valence-corrected chi connectivity index (χ1v) is 11.2. The fraction of sp³-hybridized carbons (Fsp3) is 0.579. The lowest BCUT2D eigenvalue weighted by Crippen LogP contribution is -2.49. The van der Waals surface area contributed by atoms with Gasteiger partial charge in [0.2, 0.25) is 5.91 Å². The van der Waals surface area contributed by atoms with Gasteiger partial charge in [-0.15, -0.1) is 0 Å². The number of hydrogen-bond donors (Lipinski definition) is 2. The third-order valence-corrected chi connectivity index (χ3v) is 6.15. The number of nitrogens with one attached hydrogen (secondary N) is 2. The lowest BCUT2D eigenvalue weighted by Gasteiger charge is -2.34. The Morgan fingerprint density at radius 1 is 1.17 bits per heavy atom. The highest BCUT2D eigenvalue weighted by Gasteiger charge is 2.37. The number of aromatic nitrogens is 3. The summed E-state index contributed by atoms with van der Waals surface area (Å²) in [5.74, 6) is -0.210. The molecule has 1 saturated heterocycles. The number of carbonyl (C=O) groups is 1. The highest BCUT2D eigenvalue weighted by Crippen LogP contribution is 2.36. The first-order valence-electron chi connectivity index (χ1n) is 10.4. The molecule has 1 amide bonds. The van der Waals surface area contributed by atoms with Crippen LogP contribution < -0.4 is 15.8 Å². The highest BCUT2D eigenvalue weighted by molar-refractivity contribution is 7.15. The van der Waals surface area contributed by atoms with Crippen LogP contribution in [0.5, 0.6) is 0 Å². The SMILES string of the molecule is C[C@@H](COCCC(=O)N1CCN(c2ncc(C(F)(F)F)s2)CC1)Nc1cn[nH]c(=O)c1C(F)(F)F. The second-order valence-corrected chi connectivity index (χ2v) is 8.74. The van der Waals surface area contributed by atoms with Gasteiger partial charge in [0.25, 0.3) is 5.56 Å². The van der Waals surface area contributed by atoms with E-state index in [0.717, 1.165) is 12.4 Å². The van der Waals surface area contributed by atoms with E-state index in [-0.39, 0.29) is 30.7 Å². The molecule has 1 atom stereocenters. The molecule has 0 saturated carbocycles. The monoisotopic (exact) mass is 528 g/mol. The number of piperazine rings is 1. The van der Waals surface area contributed by atoms with Crippen molar-refractivity contribution >= 4 is 28.1 Å². The first-order chi connectivity index (χ1) is 16.4. The Morgan fingerprint density at radius 3 is 2.46 bits per heavy atom. The maximum atomic E-state index is 13.1. The van der Waals surface area contributed by atoms with Gasteiger partial charge in [0.15, 0.2) is 5.13 Å². The van der Waals surface area contributed by atoms with E-state index in [2.05, 4.69) is 15.4 Å². The van der Waals surface area contributed by atoms with Gasteiger partial charge < -0.3 is 19.9 Å². The topological polar surface area (TPSA) is 103 Å². The molecule has 1 aliphatic rings. The summed E-state index contributed by atoms with van der Waals surface area (Å²) in [5, 5.41) is 7.90. The van der Waals surface area contributed by atoms with Crippen LogP contribution in [-0.4, -0.2) is 71.4 Å². The Balaban J connectivity index is 1.40. The van der Waals surface area contributed by atoms with Crippen molar-refractivity contribution in [3.8, 4) is 0 Å². The van der Waals surface area contributed by atoms with Gasteiger partial charge in [-0.2, -0.15) is 31.4 Å². The van der Waals surface area contributed by atoms with Gasteiger partial charge in [-0.05, 0) is 6.92 Å². The normalized spacial score (nSPS) is 15.9. The minimum Gasteiger partial charge on any atom is -0.379 e. The molecule has 9 nitrogen and oxygen atoms in total. The second kappa shape index (κ2) is 10.8. The fourth-order valence-corrected chi connectivity index (χ4v) is 4.20. The molecule has 1 aliphatic heterocycles. The lowest BCUT2D eigenvalue weighted by atomic mass is 10.2. The quantitative estimate of drug-likeness (QED) is 0.401. The van der Waals surface area contributed by atoms with E-state index in [1.165, 1.54) is 0 Å². The predicted molar refractivity (Wildman–Crippen MR) is 114 cm³/mol. The number of thiazole rings is 1. The summed E-state index contributed by atoms with van der Waals surface area (Å²) in [5.41, 5.74) is -3.23. The number of alkyl halides is 6. The Bertz CT molecular complexity index is 1060. The van der Waals surface area contributed by atoms with E-state index in [0.29, 0.717) is 37.5 Å². The maximum absolute atomic E-state index is 13.1. The van der Waals surface area contributed by atoms with Crippen molar-refractivity contribution in [2.24, 2.45) is 0 Å². The molecule has 0 unspecified atom stereocenters. The smallest absolute Gasteiger partial charge is 0.379 e. The molecule has 35 heavy (non-hydrogen) atoms. The van der Waals surface area contributed by atoms with Crippen LogP contribution in [0.25, 0.3) is 0 Å². The number of halogens is 6. The standard InChI is InChI=1S/C19H22F6N6O3S/c1-11(28-12-8-27-29-16(33)15(12)19(23,24)25)10-34-7-2-14(32)30-3-5-31(6-4-30)17-26-9-13(35-17)18(20,21)22/h8-9,11H,2-7,10H2,1H3,(H2,28,29,33)/t11-/m0/s1. The van der Waals surface area contributed by atoms with Gasteiger partial charge in [-0.25, -0.2) is 10.1 Å². The van der Waals surface area contributed by atoms with E-state index in [1.54, 1.807) is 21.8 Å². The van der Waals surface area contributed by atoms with Crippen LogP contribution in [0.4, 0.5) is 37.2 Å². The summed E-state index contributed by atoms with van der Waals surface area (Å²) < 4.78 is 82.9. The lowest BCUT2D eigenvalue weighted by molar-refractivity contribution is -0.138.